The van der Waals surface area contributed by atoms with Crippen LogP contribution in [0.15, 0.2) is 88.8 Å². The van der Waals surface area contributed by atoms with E-state index in [-0.39, 0.29) is 0 Å². The third-order valence-corrected chi connectivity index (χ3v) is 3.63. The second-order valence-corrected chi connectivity index (χ2v) is 5.20. The molecular weight excluding hydrogens is 304 g/mol. The van der Waals surface area contributed by atoms with Gasteiger partial charge in [-0.25, -0.2) is 5.43 Å². The molecule has 0 spiro atoms. The summed E-state index contributed by atoms with van der Waals surface area (Å²) in [6, 6.07) is 19.2. The zero-order valence-electron chi connectivity index (χ0n) is 12.8. The molecule has 0 aliphatic carbocycles. The van der Waals surface area contributed by atoms with Gasteiger partial charge in [0.25, 0.3) is 5.91 Å². The van der Waals surface area contributed by atoms with E-state index in [4.69, 9.17) is 4.42 Å². The van der Waals surface area contributed by atoms with Crippen molar-refractivity contribution in [2.24, 2.45) is 5.10 Å². The Balaban J connectivity index is 1.91. The summed E-state index contributed by atoms with van der Waals surface area (Å²) in [5.74, 6) is -0.639. The second-order valence-electron chi connectivity index (χ2n) is 5.20. The highest BCUT2D eigenvalue weighted by Gasteiger charge is 2.39. The van der Waals surface area contributed by atoms with Crippen molar-refractivity contribution in [2.75, 3.05) is 0 Å². The van der Waals surface area contributed by atoms with Gasteiger partial charge in [-0.15, -0.1) is 0 Å². The van der Waals surface area contributed by atoms with Gasteiger partial charge in [0.05, 0.1) is 18.7 Å². The molecule has 120 valence electrons. The molecule has 0 saturated carbocycles. The molecule has 0 bridgehead atoms. The van der Waals surface area contributed by atoms with Crippen molar-refractivity contribution in [3.8, 4) is 0 Å². The van der Waals surface area contributed by atoms with Gasteiger partial charge in [-0.3, -0.25) is 4.79 Å². The number of benzene rings is 2. The van der Waals surface area contributed by atoms with Crippen LogP contribution in [-0.2, 0) is 10.4 Å². The van der Waals surface area contributed by atoms with E-state index in [1.807, 2.05) is 12.1 Å². The summed E-state index contributed by atoms with van der Waals surface area (Å²) in [4.78, 5) is 12.7. The van der Waals surface area contributed by atoms with Crippen molar-refractivity contribution >= 4 is 12.1 Å². The number of carbonyl (C=O) groups is 1. The molecule has 1 heterocycles. The minimum Gasteiger partial charge on any atom is -0.472 e. The first-order valence-electron chi connectivity index (χ1n) is 7.40. The first-order valence-corrected chi connectivity index (χ1v) is 7.40. The number of rotatable bonds is 5. The lowest BCUT2D eigenvalue weighted by atomic mass is 9.85. The van der Waals surface area contributed by atoms with E-state index in [1.165, 1.54) is 18.7 Å². The van der Waals surface area contributed by atoms with Crippen LogP contribution in [0.4, 0.5) is 0 Å². The van der Waals surface area contributed by atoms with Gasteiger partial charge in [0.2, 0.25) is 0 Å². The highest BCUT2D eigenvalue weighted by Crippen LogP contribution is 2.29. The van der Waals surface area contributed by atoms with Crippen LogP contribution in [0.5, 0.6) is 0 Å². The van der Waals surface area contributed by atoms with Gasteiger partial charge < -0.3 is 9.52 Å². The fourth-order valence-corrected chi connectivity index (χ4v) is 2.38. The number of hydrazone groups is 1. The highest BCUT2D eigenvalue weighted by atomic mass is 16.3. The summed E-state index contributed by atoms with van der Waals surface area (Å²) < 4.78 is 4.92. The molecule has 0 saturated heterocycles. The number of aliphatic hydroxyl groups is 1. The molecular formula is C19H16N2O3. The van der Waals surface area contributed by atoms with Crippen LogP contribution >= 0.6 is 0 Å². The zero-order valence-corrected chi connectivity index (χ0v) is 12.8. The second kappa shape index (κ2) is 6.93. The third kappa shape index (κ3) is 3.11. The fraction of sp³-hybridized carbons (Fsp3) is 0.0526. The zero-order chi connectivity index (χ0) is 16.8. The minimum atomic E-state index is -1.84. The number of carbonyl (C=O) groups excluding carboxylic acids is 1. The Kier molecular flexibility index (Phi) is 4.54. The molecule has 0 aliphatic heterocycles. The summed E-state index contributed by atoms with van der Waals surface area (Å²) >= 11 is 0. The average molecular weight is 320 g/mol. The van der Waals surface area contributed by atoms with Gasteiger partial charge in [0.15, 0.2) is 5.60 Å². The number of nitrogens with zero attached hydrogens (tertiary/aromatic N) is 1. The number of amides is 1. The Morgan fingerprint density at radius 1 is 1.00 bits per heavy atom. The molecule has 1 aromatic heterocycles. The maximum absolute atomic E-state index is 12.7. The molecule has 0 unspecified atom stereocenters. The topological polar surface area (TPSA) is 74.8 Å². The van der Waals surface area contributed by atoms with Gasteiger partial charge in [0, 0.05) is 5.56 Å². The van der Waals surface area contributed by atoms with Crippen LogP contribution in [0.3, 0.4) is 0 Å². The van der Waals surface area contributed by atoms with E-state index in [0.717, 1.165) is 0 Å². The van der Waals surface area contributed by atoms with Gasteiger partial charge in [-0.05, 0) is 17.2 Å². The molecule has 0 atom stereocenters. The quantitative estimate of drug-likeness (QED) is 0.560. The van der Waals surface area contributed by atoms with Crippen LogP contribution in [0, 0.1) is 0 Å². The average Bonchev–Trinajstić information content (AvgIpc) is 3.16. The smallest absolute Gasteiger partial charge is 0.281 e. The molecule has 2 N–H and O–H groups in total. The summed E-state index contributed by atoms with van der Waals surface area (Å²) in [7, 11) is 0. The van der Waals surface area contributed by atoms with Gasteiger partial charge in [0.1, 0.15) is 0 Å². The highest BCUT2D eigenvalue weighted by molar-refractivity contribution is 5.91. The van der Waals surface area contributed by atoms with Crippen LogP contribution < -0.4 is 5.43 Å². The largest absolute Gasteiger partial charge is 0.472 e. The monoisotopic (exact) mass is 320 g/mol. The van der Waals surface area contributed by atoms with Crippen molar-refractivity contribution in [3.05, 3.63) is 95.9 Å². The first-order chi connectivity index (χ1) is 11.7. The standard InChI is InChI=1S/C19H16N2O3/c22-18(21-20-13-15-11-12-24-14-15)19(23,16-7-3-1-4-8-16)17-9-5-2-6-10-17/h1-14,23H,(H,21,22)/b20-13-. The summed E-state index contributed by atoms with van der Waals surface area (Å²) in [5, 5.41) is 15.1. The predicted octanol–water partition coefficient (Wildman–Crippen LogP) is 2.67. The van der Waals surface area contributed by atoms with Crippen LogP contribution in [0.2, 0.25) is 0 Å². The van der Waals surface area contributed by atoms with Gasteiger partial charge in [-0.2, -0.15) is 5.10 Å². The number of furan rings is 1. The van der Waals surface area contributed by atoms with E-state index in [9.17, 15) is 9.90 Å². The SMILES string of the molecule is O=C(N/N=C\c1ccoc1)C(O)(c1ccccc1)c1ccccc1. The van der Waals surface area contributed by atoms with E-state index >= 15 is 0 Å². The Morgan fingerprint density at radius 3 is 2.08 bits per heavy atom. The normalized spacial score (nSPS) is 11.5. The van der Waals surface area contributed by atoms with Crippen molar-refractivity contribution in [2.45, 2.75) is 5.60 Å². The lowest BCUT2D eigenvalue weighted by Gasteiger charge is -2.26. The lowest BCUT2D eigenvalue weighted by Crippen LogP contribution is -2.43. The molecule has 5 nitrogen and oxygen atoms in total. The van der Waals surface area contributed by atoms with E-state index in [2.05, 4.69) is 10.5 Å². The number of hydrogen-bond donors (Lipinski definition) is 2. The van der Waals surface area contributed by atoms with Crippen LogP contribution in [0.25, 0.3) is 0 Å². The molecule has 0 fully saturated rings. The molecule has 0 aliphatic rings. The van der Waals surface area contributed by atoms with Crippen LogP contribution in [-0.4, -0.2) is 17.2 Å². The molecule has 3 aromatic rings. The fourth-order valence-electron chi connectivity index (χ4n) is 2.38. The number of nitrogens with one attached hydrogen (secondary N) is 1. The molecule has 0 radical (unpaired) electrons. The Hall–Kier alpha value is -3.18. The minimum absolute atomic E-state index is 0.465. The van der Waals surface area contributed by atoms with Gasteiger partial charge in [-0.1, -0.05) is 60.7 Å². The molecule has 5 heteroatoms. The number of hydrogen-bond acceptors (Lipinski definition) is 4. The Morgan fingerprint density at radius 2 is 1.58 bits per heavy atom. The van der Waals surface area contributed by atoms with Crippen molar-refractivity contribution in [1.82, 2.24) is 5.43 Å². The predicted molar refractivity (Wildman–Crippen MR) is 90.3 cm³/mol. The van der Waals surface area contributed by atoms with E-state index < -0.39 is 11.5 Å². The van der Waals surface area contributed by atoms with Crippen molar-refractivity contribution < 1.29 is 14.3 Å². The summed E-state index contributed by atoms with van der Waals surface area (Å²) in [6.07, 6.45) is 4.45. The first kappa shape index (κ1) is 15.7. The maximum atomic E-state index is 12.7. The van der Waals surface area contributed by atoms with Crippen LogP contribution in [0.1, 0.15) is 16.7 Å². The maximum Gasteiger partial charge on any atom is 0.281 e. The summed E-state index contributed by atoms with van der Waals surface area (Å²) in [5.41, 5.74) is 2.20. The summed E-state index contributed by atoms with van der Waals surface area (Å²) in [6.45, 7) is 0. The van der Waals surface area contributed by atoms with Crippen molar-refractivity contribution in [1.29, 1.82) is 0 Å². The lowest BCUT2D eigenvalue weighted by molar-refractivity contribution is -0.136. The van der Waals surface area contributed by atoms with Crippen molar-refractivity contribution in [3.63, 3.8) is 0 Å². The molecule has 2 aromatic carbocycles. The third-order valence-electron chi connectivity index (χ3n) is 3.63. The van der Waals surface area contributed by atoms with E-state index in [0.29, 0.717) is 16.7 Å². The molecule has 3 rings (SSSR count). The Bertz CT molecular complexity index is 773. The Labute approximate surface area is 139 Å². The van der Waals surface area contributed by atoms with E-state index in [1.54, 1.807) is 54.6 Å². The van der Waals surface area contributed by atoms with Gasteiger partial charge >= 0.3 is 0 Å². The molecule has 1 amide bonds. The molecule has 24 heavy (non-hydrogen) atoms.